The fourth-order valence-electron chi connectivity index (χ4n) is 1.66. The van der Waals surface area contributed by atoms with E-state index in [2.05, 4.69) is 10.3 Å². The van der Waals surface area contributed by atoms with Crippen LogP contribution in [-0.4, -0.2) is 10.9 Å². The molecule has 2 rings (SSSR count). The maximum absolute atomic E-state index is 11.6. The lowest BCUT2D eigenvalue weighted by atomic mass is 10.1. The number of benzene rings is 1. The zero-order valence-electron chi connectivity index (χ0n) is 10.6. The standard InChI is InChI=1S/C14H15ClN2O/c1-8(2)14(18)17-12-7-5-10-11(15)6-4-9(3)13(10)16-12/h4-8H,1-3H3,(H,16,17,18). The summed E-state index contributed by atoms with van der Waals surface area (Å²) < 4.78 is 0. The molecule has 1 aromatic heterocycles. The van der Waals surface area contributed by atoms with Crippen LogP contribution in [0.4, 0.5) is 5.82 Å². The molecule has 1 N–H and O–H groups in total. The summed E-state index contributed by atoms with van der Waals surface area (Å²) in [4.78, 5) is 16.1. The first-order valence-corrected chi connectivity index (χ1v) is 6.23. The lowest BCUT2D eigenvalue weighted by Crippen LogP contribution is -2.18. The van der Waals surface area contributed by atoms with Crippen molar-refractivity contribution in [2.24, 2.45) is 5.92 Å². The number of halogens is 1. The molecule has 1 aromatic carbocycles. The van der Waals surface area contributed by atoms with Crippen molar-refractivity contribution in [1.29, 1.82) is 0 Å². The molecular weight excluding hydrogens is 248 g/mol. The lowest BCUT2D eigenvalue weighted by molar-refractivity contribution is -0.118. The molecule has 0 aliphatic heterocycles. The highest BCUT2D eigenvalue weighted by molar-refractivity contribution is 6.35. The first-order chi connectivity index (χ1) is 8.49. The number of carbonyl (C=O) groups excluding carboxylic acids is 1. The van der Waals surface area contributed by atoms with Gasteiger partial charge in [-0.3, -0.25) is 4.79 Å². The molecule has 1 heterocycles. The Balaban J connectivity index is 2.44. The first kappa shape index (κ1) is 12.8. The molecule has 0 bridgehead atoms. The van der Waals surface area contributed by atoms with Gasteiger partial charge in [-0.05, 0) is 30.7 Å². The van der Waals surface area contributed by atoms with Crippen molar-refractivity contribution in [2.75, 3.05) is 5.32 Å². The van der Waals surface area contributed by atoms with E-state index in [9.17, 15) is 4.79 Å². The van der Waals surface area contributed by atoms with Gasteiger partial charge in [0.1, 0.15) is 5.82 Å². The maximum Gasteiger partial charge on any atom is 0.228 e. The Morgan fingerprint density at radius 3 is 2.67 bits per heavy atom. The number of nitrogens with one attached hydrogen (secondary N) is 1. The van der Waals surface area contributed by atoms with Crippen LogP contribution in [-0.2, 0) is 4.79 Å². The second kappa shape index (κ2) is 4.94. The van der Waals surface area contributed by atoms with E-state index in [-0.39, 0.29) is 11.8 Å². The smallest absolute Gasteiger partial charge is 0.228 e. The van der Waals surface area contributed by atoms with Crippen LogP contribution in [0, 0.1) is 12.8 Å². The molecule has 0 aliphatic carbocycles. The van der Waals surface area contributed by atoms with Crippen LogP contribution in [0.25, 0.3) is 10.9 Å². The third kappa shape index (κ3) is 2.46. The molecule has 0 spiro atoms. The topological polar surface area (TPSA) is 42.0 Å². The summed E-state index contributed by atoms with van der Waals surface area (Å²) in [6, 6.07) is 7.43. The summed E-state index contributed by atoms with van der Waals surface area (Å²) >= 11 is 6.11. The molecule has 0 unspecified atom stereocenters. The highest BCUT2D eigenvalue weighted by Crippen LogP contribution is 2.26. The van der Waals surface area contributed by atoms with Crippen molar-refractivity contribution < 1.29 is 4.79 Å². The number of fused-ring (bicyclic) bond motifs is 1. The summed E-state index contributed by atoms with van der Waals surface area (Å²) in [7, 11) is 0. The molecule has 1 amide bonds. The minimum Gasteiger partial charge on any atom is -0.310 e. The van der Waals surface area contributed by atoms with Gasteiger partial charge in [0.25, 0.3) is 0 Å². The number of carbonyl (C=O) groups is 1. The number of anilines is 1. The van der Waals surface area contributed by atoms with E-state index in [0.717, 1.165) is 16.5 Å². The Labute approximate surface area is 111 Å². The molecule has 3 nitrogen and oxygen atoms in total. The molecule has 2 aromatic rings. The van der Waals surface area contributed by atoms with Gasteiger partial charge in [-0.1, -0.05) is 31.5 Å². The van der Waals surface area contributed by atoms with Gasteiger partial charge in [-0.15, -0.1) is 0 Å². The van der Waals surface area contributed by atoms with E-state index >= 15 is 0 Å². The van der Waals surface area contributed by atoms with Crippen LogP contribution < -0.4 is 5.32 Å². The fraction of sp³-hybridized carbons (Fsp3) is 0.286. The molecule has 0 fully saturated rings. The fourth-order valence-corrected chi connectivity index (χ4v) is 1.88. The molecule has 0 atom stereocenters. The van der Waals surface area contributed by atoms with E-state index in [4.69, 9.17) is 11.6 Å². The van der Waals surface area contributed by atoms with Crippen LogP contribution in [0.3, 0.4) is 0 Å². The quantitative estimate of drug-likeness (QED) is 0.895. The van der Waals surface area contributed by atoms with Crippen molar-refractivity contribution in [1.82, 2.24) is 4.98 Å². The third-order valence-electron chi connectivity index (χ3n) is 2.78. The molecule has 18 heavy (non-hydrogen) atoms. The maximum atomic E-state index is 11.6. The monoisotopic (exact) mass is 262 g/mol. The van der Waals surface area contributed by atoms with Gasteiger partial charge in [0, 0.05) is 16.3 Å². The predicted molar refractivity (Wildman–Crippen MR) is 75.0 cm³/mol. The van der Waals surface area contributed by atoms with Crippen molar-refractivity contribution in [3.63, 3.8) is 0 Å². The van der Waals surface area contributed by atoms with E-state index in [1.807, 2.05) is 39.0 Å². The van der Waals surface area contributed by atoms with Gasteiger partial charge in [0.15, 0.2) is 0 Å². The summed E-state index contributed by atoms with van der Waals surface area (Å²) in [5.41, 5.74) is 1.86. The van der Waals surface area contributed by atoms with Crippen molar-refractivity contribution in [2.45, 2.75) is 20.8 Å². The van der Waals surface area contributed by atoms with E-state index < -0.39 is 0 Å². The average molecular weight is 263 g/mol. The number of aromatic nitrogens is 1. The number of aryl methyl sites for hydroxylation is 1. The minimum atomic E-state index is -0.0667. The second-order valence-corrected chi connectivity index (χ2v) is 5.01. The number of pyridine rings is 1. The average Bonchev–Trinajstić information content (AvgIpc) is 2.34. The molecule has 4 heteroatoms. The van der Waals surface area contributed by atoms with Gasteiger partial charge >= 0.3 is 0 Å². The predicted octanol–water partition coefficient (Wildman–Crippen LogP) is 3.79. The second-order valence-electron chi connectivity index (χ2n) is 4.60. The number of amides is 1. The summed E-state index contributed by atoms with van der Waals surface area (Å²) in [6.45, 7) is 5.66. The van der Waals surface area contributed by atoms with Crippen LogP contribution in [0.15, 0.2) is 24.3 Å². The Hall–Kier alpha value is -1.61. The van der Waals surface area contributed by atoms with Gasteiger partial charge in [0.05, 0.1) is 5.52 Å². The Morgan fingerprint density at radius 2 is 2.00 bits per heavy atom. The molecule has 0 aliphatic rings. The van der Waals surface area contributed by atoms with Gasteiger partial charge < -0.3 is 5.32 Å². The van der Waals surface area contributed by atoms with Gasteiger partial charge in [-0.2, -0.15) is 0 Å². The Morgan fingerprint density at radius 1 is 1.28 bits per heavy atom. The normalized spacial score (nSPS) is 10.9. The molecule has 0 saturated heterocycles. The Kier molecular flexibility index (Phi) is 3.53. The minimum absolute atomic E-state index is 0.0402. The molecule has 0 radical (unpaired) electrons. The van der Waals surface area contributed by atoms with Crippen LogP contribution in [0.2, 0.25) is 5.02 Å². The molecule has 0 saturated carbocycles. The largest absolute Gasteiger partial charge is 0.310 e. The zero-order chi connectivity index (χ0) is 13.3. The lowest BCUT2D eigenvalue weighted by Gasteiger charge is -2.09. The third-order valence-corrected chi connectivity index (χ3v) is 3.11. The Bertz CT molecular complexity index is 608. The number of hydrogen-bond acceptors (Lipinski definition) is 2. The molecular formula is C14H15ClN2O. The summed E-state index contributed by atoms with van der Waals surface area (Å²) in [6.07, 6.45) is 0. The van der Waals surface area contributed by atoms with Crippen LogP contribution in [0.5, 0.6) is 0 Å². The number of rotatable bonds is 2. The van der Waals surface area contributed by atoms with Gasteiger partial charge in [-0.25, -0.2) is 4.98 Å². The van der Waals surface area contributed by atoms with Crippen molar-refractivity contribution >= 4 is 34.2 Å². The van der Waals surface area contributed by atoms with E-state index in [1.54, 1.807) is 6.07 Å². The highest BCUT2D eigenvalue weighted by Gasteiger charge is 2.09. The number of nitrogens with zero attached hydrogens (tertiary/aromatic N) is 1. The SMILES string of the molecule is Cc1ccc(Cl)c2ccc(NC(=O)C(C)C)nc12. The van der Waals surface area contributed by atoms with E-state index in [0.29, 0.717) is 10.8 Å². The molecule has 94 valence electrons. The van der Waals surface area contributed by atoms with Crippen molar-refractivity contribution in [3.05, 3.63) is 34.9 Å². The van der Waals surface area contributed by atoms with Crippen molar-refractivity contribution in [3.8, 4) is 0 Å². The van der Waals surface area contributed by atoms with Crippen LogP contribution >= 0.6 is 11.6 Å². The van der Waals surface area contributed by atoms with Gasteiger partial charge in [0.2, 0.25) is 5.91 Å². The zero-order valence-corrected chi connectivity index (χ0v) is 11.4. The first-order valence-electron chi connectivity index (χ1n) is 5.86. The summed E-state index contributed by atoms with van der Waals surface area (Å²) in [5, 5.41) is 4.36. The highest BCUT2D eigenvalue weighted by atomic mass is 35.5. The number of hydrogen-bond donors (Lipinski definition) is 1. The van der Waals surface area contributed by atoms with E-state index in [1.165, 1.54) is 0 Å². The summed E-state index contributed by atoms with van der Waals surface area (Å²) in [5.74, 6) is 0.455. The van der Waals surface area contributed by atoms with Crippen LogP contribution in [0.1, 0.15) is 19.4 Å².